The summed E-state index contributed by atoms with van der Waals surface area (Å²) in [6.45, 7) is 1.73. The quantitative estimate of drug-likeness (QED) is 0.475. The van der Waals surface area contributed by atoms with Gasteiger partial charge in [-0.15, -0.1) is 0 Å². The van der Waals surface area contributed by atoms with Crippen LogP contribution in [0.15, 0.2) is 66.2 Å². The van der Waals surface area contributed by atoms with E-state index in [1.54, 1.807) is 6.92 Å². The molecule has 0 radical (unpaired) electrons. The van der Waals surface area contributed by atoms with Gasteiger partial charge in [0.1, 0.15) is 0 Å². The summed E-state index contributed by atoms with van der Waals surface area (Å²) in [4.78, 5) is 11.8. The molecule has 0 atom stereocenters. The number of benzene rings is 2. The summed E-state index contributed by atoms with van der Waals surface area (Å²) in [7, 11) is 1.37. The highest BCUT2D eigenvalue weighted by Gasteiger charge is 2.11. The van der Waals surface area contributed by atoms with Crippen LogP contribution >= 0.6 is 0 Å². The average molecular weight is 276 g/mol. The molecule has 0 bridgehead atoms. The number of hydrogen-bond donors (Lipinski definition) is 0. The van der Waals surface area contributed by atoms with Gasteiger partial charge in [-0.25, -0.2) is 4.79 Å². The number of ether oxygens (including phenoxy) is 1. The van der Waals surface area contributed by atoms with E-state index in [-0.39, 0.29) is 5.97 Å². The standard InChI is InChI=1S/C19H16O2/c1-15(19(20)21-2)18(17-11-7-4-8-12-17)14-13-16-9-5-3-6-10-16/h3-12H,1-2H3/b18-15+. The van der Waals surface area contributed by atoms with Gasteiger partial charge in [0, 0.05) is 11.1 Å². The van der Waals surface area contributed by atoms with E-state index in [2.05, 4.69) is 11.8 Å². The van der Waals surface area contributed by atoms with Gasteiger partial charge in [-0.1, -0.05) is 60.4 Å². The predicted molar refractivity (Wildman–Crippen MR) is 84.4 cm³/mol. The van der Waals surface area contributed by atoms with E-state index in [1.807, 2.05) is 60.7 Å². The molecule has 0 saturated heterocycles. The normalized spacial score (nSPS) is 11.0. The van der Waals surface area contributed by atoms with Crippen LogP contribution in [-0.2, 0) is 9.53 Å². The molecule has 2 rings (SSSR count). The van der Waals surface area contributed by atoms with E-state index < -0.39 is 0 Å². The van der Waals surface area contributed by atoms with Crippen molar-refractivity contribution in [3.05, 3.63) is 77.4 Å². The summed E-state index contributed by atoms with van der Waals surface area (Å²) in [5, 5.41) is 0. The monoisotopic (exact) mass is 276 g/mol. The summed E-state index contributed by atoms with van der Waals surface area (Å²) in [6, 6.07) is 19.3. The van der Waals surface area contributed by atoms with Crippen molar-refractivity contribution >= 4 is 11.5 Å². The van der Waals surface area contributed by atoms with Crippen molar-refractivity contribution in [2.75, 3.05) is 7.11 Å². The molecule has 104 valence electrons. The second kappa shape index (κ2) is 7.12. The molecule has 0 fully saturated rings. The van der Waals surface area contributed by atoms with E-state index in [9.17, 15) is 4.79 Å². The maximum absolute atomic E-state index is 11.8. The minimum Gasteiger partial charge on any atom is -0.466 e. The number of carbonyl (C=O) groups excluding carboxylic acids is 1. The molecule has 0 amide bonds. The third-order valence-corrected chi connectivity index (χ3v) is 3.03. The first-order valence-electron chi connectivity index (χ1n) is 6.64. The molecular formula is C19H16O2. The van der Waals surface area contributed by atoms with Crippen molar-refractivity contribution < 1.29 is 9.53 Å². The van der Waals surface area contributed by atoms with Crippen LogP contribution in [0.2, 0.25) is 0 Å². The molecule has 0 N–H and O–H groups in total. The molecule has 0 aliphatic heterocycles. The molecule has 0 aliphatic rings. The van der Waals surface area contributed by atoms with Crippen molar-refractivity contribution in [2.45, 2.75) is 6.92 Å². The van der Waals surface area contributed by atoms with Crippen LogP contribution in [-0.4, -0.2) is 13.1 Å². The predicted octanol–water partition coefficient (Wildman–Crippen LogP) is 3.68. The van der Waals surface area contributed by atoms with Crippen molar-refractivity contribution in [1.29, 1.82) is 0 Å². The van der Waals surface area contributed by atoms with E-state index in [0.29, 0.717) is 11.1 Å². The maximum atomic E-state index is 11.8. The number of rotatable bonds is 2. The second-order valence-corrected chi connectivity index (χ2v) is 4.47. The summed E-state index contributed by atoms with van der Waals surface area (Å²) >= 11 is 0. The van der Waals surface area contributed by atoms with Gasteiger partial charge in [-0.05, 0) is 24.6 Å². The summed E-state index contributed by atoms with van der Waals surface area (Å²) in [5.41, 5.74) is 3.01. The van der Waals surface area contributed by atoms with Crippen LogP contribution in [0.3, 0.4) is 0 Å². The van der Waals surface area contributed by atoms with Crippen LogP contribution in [0.5, 0.6) is 0 Å². The van der Waals surface area contributed by atoms with Gasteiger partial charge in [0.15, 0.2) is 0 Å². The summed E-state index contributed by atoms with van der Waals surface area (Å²) in [5.74, 6) is 5.82. The highest BCUT2D eigenvalue weighted by molar-refractivity contribution is 6.01. The molecule has 2 nitrogen and oxygen atoms in total. The third kappa shape index (κ3) is 3.84. The highest BCUT2D eigenvalue weighted by Crippen LogP contribution is 2.19. The van der Waals surface area contributed by atoms with E-state index in [1.165, 1.54) is 7.11 Å². The molecular weight excluding hydrogens is 260 g/mol. The number of allylic oxidation sites excluding steroid dienone is 1. The van der Waals surface area contributed by atoms with Crippen LogP contribution in [0.25, 0.3) is 5.57 Å². The molecule has 0 unspecified atom stereocenters. The molecule has 2 aromatic carbocycles. The van der Waals surface area contributed by atoms with Crippen molar-refractivity contribution in [1.82, 2.24) is 0 Å². The largest absolute Gasteiger partial charge is 0.466 e. The zero-order valence-corrected chi connectivity index (χ0v) is 12.1. The molecule has 2 aromatic rings. The van der Waals surface area contributed by atoms with Gasteiger partial charge in [0.25, 0.3) is 0 Å². The Morgan fingerprint density at radius 1 is 0.952 bits per heavy atom. The Kier molecular flexibility index (Phi) is 4.95. The fourth-order valence-corrected chi connectivity index (χ4v) is 1.90. The minimum atomic E-state index is -0.365. The van der Waals surface area contributed by atoms with Gasteiger partial charge in [0.2, 0.25) is 0 Å². The Hall–Kier alpha value is -2.79. The summed E-state index contributed by atoms with van der Waals surface area (Å²) in [6.07, 6.45) is 0. The van der Waals surface area contributed by atoms with E-state index >= 15 is 0 Å². The van der Waals surface area contributed by atoms with Crippen LogP contribution < -0.4 is 0 Å². The lowest BCUT2D eigenvalue weighted by atomic mass is 10.0. The Labute approximate surface area is 125 Å². The topological polar surface area (TPSA) is 26.3 Å². The van der Waals surface area contributed by atoms with Gasteiger partial charge in [-0.3, -0.25) is 0 Å². The number of carbonyl (C=O) groups is 1. The smallest absolute Gasteiger partial charge is 0.334 e. The zero-order chi connectivity index (χ0) is 15.1. The number of methoxy groups -OCH3 is 1. The van der Waals surface area contributed by atoms with Gasteiger partial charge >= 0.3 is 5.97 Å². The third-order valence-electron chi connectivity index (χ3n) is 3.03. The molecule has 0 aliphatic carbocycles. The van der Waals surface area contributed by atoms with E-state index in [4.69, 9.17) is 4.74 Å². The highest BCUT2D eigenvalue weighted by atomic mass is 16.5. The lowest BCUT2D eigenvalue weighted by Crippen LogP contribution is -2.04. The Bertz CT molecular complexity index is 701. The van der Waals surface area contributed by atoms with Crippen molar-refractivity contribution in [2.24, 2.45) is 0 Å². The molecule has 0 aromatic heterocycles. The van der Waals surface area contributed by atoms with Gasteiger partial charge < -0.3 is 4.74 Å². The minimum absolute atomic E-state index is 0.365. The first-order valence-corrected chi connectivity index (χ1v) is 6.64. The molecule has 2 heteroatoms. The van der Waals surface area contributed by atoms with E-state index in [0.717, 1.165) is 11.1 Å². The molecule has 21 heavy (non-hydrogen) atoms. The number of esters is 1. The lowest BCUT2D eigenvalue weighted by Gasteiger charge is -2.05. The molecule has 0 spiro atoms. The lowest BCUT2D eigenvalue weighted by molar-refractivity contribution is -0.135. The van der Waals surface area contributed by atoms with Crippen molar-refractivity contribution in [3.8, 4) is 11.8 Å². The second-order valence-electron chi connectivity index (χ2n) is 4.47. The van der Waals surface area contributed by atoms with Gasteiger partial charge in [0.05, 0.1) is 12.7 Å². The SMILES string of the molecule is COC(=O)/C(C)=C(\C#Cc1ccccc1)c1ccccc1. The Morgan fingerprint density at radius 3 is 2.10 bits per heavy atom. The first-order chi connectivity index (χ1) is 10.2. The number of hydrogen-bond acceptors (Lipinski definition) is 2. The fraction of sp³-hybridized carbons (Fsp3) is 0.105. The average Bonchev–Trinajstić information content (AvgIpc) is 2.56. The van der Waals surface area contributed by atoms with Crippen LogP contribution in [0.4, 0.5) is 0 Å². The maximum Gasteiger partial charge on any atom is 0.334 e. The molecule has 0 saturated carbocycles. The molecule has 0 heterocycles. The Balaban J connectivity index is 2.49. The Morgan fingerprint density at radius 2 is 1.52 bits per heavy atom. The first kappa shape index (κ1) is 14.6. The van der Waals surface area contributed by atoms with Crippen LogP contribution in [0.1, 0.15) is 18.1 Å². The van der Waals surface area contributed by atoms with Crippen LogP contribution in [0, 0.1) is 11.8 Å². The fourth-order valence-electron chi connectivity index (χ4n) is 1.90. The zero-order valence-electron chi connectivity index (χ0n) is 12.1. The van der Waals surface area contributed by atoms with Crippen molar-refractivity contribution in [3.63, 3.8) is 0 Å². The van der Waals surface area contributed by atoms with Gasteiger partial charge in [-0.2, -0.15) is 0 Å². The summed E-state index contributed by atoms with van der Waals surface area (Å²) < 4.78 is 4.80.